The second kappa shape index (κ2) is 7.63. The van der Waals surface area contributed by atoms with Crippen LogP contribution in [-0.2, 0) is 9.53 Å². The average molecular weight is 371 g/mol. The molecule has 0 spiro atoms. The first-order chi connectivity index (χ1) is 10.4. The molecule has 0 amide bonds. The van der Waals surface area contributed by atoms with Gasteiger partial charge in [0.2, 0.25) is 0 Å². The minimum Gasteiger partial charge on any atom is -0.462 e. The Bertz CT molecular complexity index is 505. The van der Waals surface area contributed by atoms with Crippen molar-refractivity contribution in [3.63, 3.8) is 0 Å². The van der Waals surface area contributed by atoms with Gasteiger partial charge in [0.25, 0.3) is 0 Å². The Morgan fingerprint density at radius 1 is 1.55 bits per heavy atom. The number of ether oxygens (including phenoxy) is 1. The van der Waals surface area contributed by atoms with Gasteiger partial charge in [-0.3, -0.25) is 4.79 Å². The summed E-state index contributed by atoms with van der Waals surface area (Å²) < 4.78 is 5.87. The highest BCUT2D eigenvalue weighted by molar-refractivity contribution is 9.11. The van der Waals surface area contributed by atoms with Crippen LogP contribution in [0.2, 0.25) is 0 Å². The largest absolute Gasteiger partial charge is 0.462 e. The summed E-state index contributed by atoms with van der Waals surface area (Å²) in [4.78, 5) is 11.4. The lowest BCUT2D eigenvalue weighted by Gasteiger charge is -2.20. The molecule has 2 aliphatic rings. The lowest BCUT2D eigenvalue weighted by atomic mass is 9.90. The monoisotopic (exact) mass is 370 g/mol. The van der Waals surface area contributed by atoms with Gasteiger partial charge >= 0.3 is 5.97 Å². The lowest BCUT2D eigenvalue weighted by Crippen LogP contribution is -2.22. The van der Waals surface area contributed by atoms with E-state index in [-0.39, 0.29) is 29.8 Å². The highest BCUT2D eigenvalue weighted by atomic mass is 79.9. The maximum atomic E-state index is 11.4. The molecule has 6 atom stereocenters. The fraction of sp³-hybridized carbons (Fsp3) is 0.706. The number of hydrogen-bond donors (Lipinski definition) is 2. The topological polar surface area (TPSA) is 66.8 Å². The Kier molecular flexibility index (Phi) is 6.08. The number of rotatable bonds is 4. The number of halogens is 1. The summed E-state index contributed by atoms with van der Waals surface area (Å²) in [6.45, 7) is 3.94. The van der Waals surface area contributed by atoms with Crippen LogP contribution in [0.25, 0.3) is 0 Å². The van der Waals surface area contributed by atoms with Crippen molar-refractivity contribution < 1.29 is 19.7 Å². The van der Waals surface area contributed by atoms with E-state index < -0.39 is 12.2 Å². The summed E-state index contributed by atoms with van der Waals surface area (Å²) in [5, 5.41) is 20.5. The zero-order chi connectivity index (χ0) is 16.3. The van der Waals surface area contributed by atoms with Crippen molar-refractivity contribution in [2.24, 2.45) is 17.8 Å². The lowest BCUT2D eigenvalue weighted by molar-refractivity contribution is -0.141. The van der Waals surface area contributed by atoms with Crippen LogP contribution in [0, 0.1) is 29.6 Å². The minimum absolute atomic E-state index is 0.000442. The molecular formula is C17H23BrO4. The van der Waals surface area contributed by atoms with Crippen molar-refractivity contribution in [2.45, 2.75) is 57.8 Å². The summed E-state index contributed by atoms with van der Waals surface area (Å²) in [6.07, 6.45) is 2.74. The van der Waals surface area contributed by atoms with Gasteiger partial charge in [0.1, 0.15) is 6.10 Å². The Balaban J connectivity index is 2.02. The molecule has 4 nitrogen and oxygen atoms in total. The molecule has 2 fully saturated rings. The van der Waals surface area contributed by atoms with Crippen molar-refractivity contribution in [2.75, 3.05) is 0 Å². The molecule has 1 aliphatic carbocycles. The van der Waals surface area contributed by atoms with E-state index in [0.29, 0.717) is 23.7 Å². The van der Waals surface area contributed by atoms with Gasteiger partial charge < -0.3 is 14.9 Å². The van der Waals surface area contributed by atoms with Crippen LogP contribution in [0.5, 0.6) is 0 Å². The van der Waals surface area contributed by atoms with E-state index in [2.05, 4.69) is 27.8 Å². The number of carbonyl (C=O) groups is 1. The summed E-state index contributed by atoms with van der Waals surface area (Å²) in [5.74, 6) is 5.70. The summed E-state index contributed by atoms with van der Waals surface area (Å²) in [6, 6.07) is 0. The Morgan fingerprint density at radius 3 is 2.95 bits per heavy atom. The number of aliphatic hydroxyl groups excluding tert-OH is 2. The molecule has 5 heteroatoms. The number of fused-ring (bicyclic) bond motifs is 1. The van der Waals surface area contributed by atoms with Crippen LogP contribution in [-0.4, -0.2) is 34.5 Å². The van der Waals surface area contributed by atoms with E-state index in [1.54, 1.807) is 0 Å². The van der Waals surface area contributed by atoms with Crippen LogP contribution in [0.15, 0.2) is 10.6 Å². The zero-order valence-electron chi connectivity index (χ0n) is 13.0. The molecule has 122 valence electrons. The maximum Gasteiger partial charge on any atom is 0.306 e. The van der Waals surface area contributed by atoms with E-state index >= 15 is 0 Å². The molecule has 1 saturated heterocycles. The number of aliphatic hydroxyl groups is 2. The first-order valence-corrected chi connectivity index (χ1v) is 8.61. The predicted octanol–water partition coefficient (Wildman–Crippen LogP) is 2.38. The molecule has 0 bridgehead atoms. The molecule has 2 N–H and O–H groups in total. The molecule has 1 aliphatic heterocycles. The van der Waals surface area contributed by atoms with Crippen molar-refractivity contribution >= 4 is 21.9 Å². The molecule has 1 saturated carbocycles. The number of carbonyl (C=O) groups excluding carboxylic acids is 1. The fourth-order valence-corrected chi connectivity index (χ4v) is 3.93. The Labute approximate surface area is 140 Å². The minimum atomic E-state index is -0.657. The average Bonchev–Trinajstić information content (AvgIpc) is 2.95. The third-order valence-electron chi connectivity index (χ3n) is 4.47. The van der Waals surface area contributed by atoms with Gasteiger partial charge in [-0.1, -0.05) is 35.9 Å². The van der Waals surface area contributed by atoms with Gasteiger partial charge in [-0.25, -0.2) is 0 Å². The smallest absolute Gasteiger partial charge is 0.306 e. The van der Waals surface area contributed by atoms with E-state index in [4.69, 9.17) is 4.74 Å². The SMILES string of the molecule is CCC#CC[C@H](C)[C@H](O)/C(Br)=C\[C@@H]1[C@H]2CC(=O)O[C@H]2C[C@H]1O. The van der Waals surface area contributed by atoms with Gasteiger partial charge in [0.05, 0.1) is 18.6 Å². The highest BCUT2D eigenvalue weighted by Crippen LogP contribution is 2.43. The molecule has 0 aromatic rings. The molecule has 0 aromatic carbocycles. The zero-order valence-corrected chi connectivity index (χ0v) is 14.5. The molecule has 0 aromatic heterocycles. The van der Waals surface area contributed by atoms with E-state index in [1.165, 1.54) is 0 Å². The quantitative estimate of drug-likeness (QED) is 0.588. The molecule has 2 rings (SSSR count). The maximum absolute atomic E-state index is 11.4. The van der Waals surface area contributed by atoms with Gasteiger partial charge in [0.15, 0.2) is 0 Å². The van der Waals surface area contributed by atoms with E-state index in [0.717, 1.165) is 6.42 Å². The van der Waals surface area contributed by atoms with Crippen LogP contribution >= 0.6 is 15.9 Å². The van der Waals surface area contributed by atoms with Gasteiger partial charge in [-0.05, 0) is 5.92 Å². The van der Waals surface area contributed by atoms with Crippen LogP contribution < -0.4 is 0 Å². The van der Waals surface area contributed by atoms with Gasteiger partial charge in [-0.15, -0.1) is 11.8 Å². The fourth-order valence-electron chi connectivity index (χ4n) is 3.17. The van der Waals surface area contributed by atoms with E-state index in [9.17, 15) is 15.0 Å². The standard InChI is InChI=1S/C17H23BrO4/c1-3-4-5-6-10(2)17(21)13(18)7-11-12-8-16(20)22-15(12)9-14(11)19/h7,10-12,14-15,17,19,21H,3,6,8-9H2,1-2H3/b13-7+/t10-,11+,12+,14+,15-,17-/m0/s1. The second-order valence-corrected chi connectivity index (χ2v) is 7.08. The van der Waals surface area contributed by atoms with Crippen LogP contribution in [0.1, 0.15) is 39.5 Å². The van der Waals surface area contributed by atoms with Crippen molar-refractivity contribution in [3.8, 4) is 11.8 Å². The van der Waals surface area contributed by atoms with Crippen molar-refractivity contribution in [3.05, 3.63) is 10.6 Å². The van der Waals surface area contributed by atoms with Crippen LogP contribution in [0.4, 0.5) is 0 Å². The number of hydrogen-bond acceptors (Lipinski definition) is 4. The highest BCUT2D eigenvalue weighted by Gasteiger charge is 2.48. The Morgan fingerprint density at radius 2 is 2.27 bits per heavy atom. The molecule has 1 heterocycles. The number of esters is 1. The van der Waals surface area contributed by atoms with Crippen LogP contribution in [0.3, 0.4) is 0 Å². The summed E-state index contributed by atoms with van der Waals surface area (Å²) in [5.41, 5.74) is 0. The third kappa shape index (κ3) is 3.92. The van der Waals surface area contributed by atoms with E-state index in [1.807, 2.05) is 19.9 Å². The first kappa shape index (κ1) is 17.5. The van der Waals surface area contributed by atoms with Gasteiger partial charge in [-0.2, -0.15) is 0 Å². The normalized spacial score (nSPS) is 33.7. The third-order valence-corrected chi connectivity index (χ3v) is 5.21. The summed E-state index contributed by atoms with van der Waals surface area (Å²) in [7, 11) is 0. The summed E-state index contributed by atoms with van der Waals surface area (Å²) >= 11 is 3.43. The molecule has 22 heavy (non-hydrogen) atoms. The Hall–Kier alpha value is -0.830. The first-order valence-electron chi connectivity index (χ1n) is 7.82. The predicted molar refractivity (Wildman–Crippen MR) is 87.0 cm³/mol. The van der Waals surface area contributed by atoms with Crippen molar-refractivity contribution in [1.82, 2.24) is 0 Å². The molecule has 0 unspecified atom stereocenters. The van der Waals surface area contributed by atoms with Crippen molar-refractivity contribution in [1.29, 1.82) is 0 Å². The van der Waals surface area contributed by atoms with Gasteiger partial charge in [0, 0.05) is 35.6 Å². The molecule has 0 radical (unpaired) electrons. The molecular weight excluding hydrogens is 348 g/mol. The second-order valence-electron chi connectivity index (χ2n) is 6.16.